The summed E-state index contributed by atoms with van der Waals surface area (Å²) in [5, 5.41) is 9.34. The van der Waals surface area contributed by atoms with Crippen LogP contribution in [0, 0.1) is 5.82 Å². The molecule has 0 atom stereocenters. The molecule has 0 bridgehead atoms. The van der Waals surface area contributed by atoms with Gasteiger partial charge >= 0.3 is 11.9 Å². The molecule has 23 heavy (non-hydrogen) atoms. The highest BCUT2D eigenvalue weighted by atomic mass is 79.9. The average Bonchev–Trinajstić information content (AvgIpc) is 2.49. The van der Waals surface area contributed by atoms with Crippen molar-refractivity contribution >= 4 is 27.9 Å². The minimum atomic E-state index is -1.38. The van der Waals surface area contributed by atoms with Gasteiger partial charge < -0.3 is 9.84 Å². The SMILES string of the molecule is CCOC(=O)c1cc(Br)c(C(=O)O)n(-c2ccc(F)cc2)c1=O. The molecule has 0 aliphatic carbocycles. The molecular weight excluding hydrogens is 373 g/mol. The number of rotatable bonds is 4. The van der Waals surface area contributed by atoms with Gasteiger partial charge in [0.05, 0.1) is 11.1 Å². The number of pyridine rings is 1. The van der Waals surface area contributed by atoms with E-state index in [1.807, 2.05) is 0 Å². The second-order valence-electron chi connectivity index (χ2n) is 4.40. The molecule has 0 fully saturated rings. The molecule has 1 aromatic heterocycles. The van der Waals surface area contributed by atoms with Crippen LogP contribution in [0.4, 0.5) is 4.39 Å². The number of hydrogen-bond donors (Lipinski definition) is 1. The highest BCUT2D eigenvalue weighted by molar-refractivity contribution is 9.10. The van der Waals surface area contributed by atoms with Gasteiger partial charge in [0.15, 0.2) is 0 Å². The van der Waals surface area contributed by atoms with E-state index >= 15 is 0 Å². The zero-order valence-corrected chi connectivity index (χ0v) is 13.5. The van der Waals surface area contributed by atoms with Gasteiger partial charge in [-0.05, 0) is 53.2 Å². The topological polar surface area (TPSA) is 85.6 Å². The second-order valence-corrected chi connectivity index (χ2v) is 5.25. The van der Waals surface area contributed by atoms with Gasteiger partial charge in [-0.2, -0.15) is 0 Å². The molecule has 1 aromatic carbocycles. The zero-order valence-electron chi connectivity index (χ0n) is 11.9. The number of esters is 1. The fourth-order valence-electron chi connectivity index (χ4n) is 1.98. The molecule has 0 aliphatic rings. The van der Waals surface area contributed by atoms with E-state index in [9.17, 15) is 23.9 Å². The highest BCUT2D eigenvalue weighted by Crippen LogP contribution is 2.20. The number of ether oxygens (including phenoxy) is 1. The first-order chi connectivity index (χ1) is 10.9. The van der Waals surface area contributed by atoms with Gasteiger partial charge in [-0.25, -0.2) is 14.0 Å². The molecule has 2 rings (SSSR count). The Morgan fingerprint density at radius 1 is 1.30 bits per heavy atom. The lowest BCUT2D eigenvalue weighted by atomic mass is 10.2. The number of aromatic nitrogens is 1. The molecular formula is C15H11BrFNO5. The summed E-state index contributed by atoms with van der Waals surface area (Å²) in [6.07, 6.45) is 0. The molecule has 6 nitrogen and oxygen atoms in total. The fraction of sp³-hybridized carbons (Fsp3) is 0.133. The Morgan fingerprint density at radius 2 is 1.91 bits per heavy atom. The first kappa shape index (κ1) is 16.9. The lowest BCUT2D eigenvalue weighted by Crippen LogP contribution is -2.30. The van der Waals surface area contributed by atoms with E-state index in [4.69, 9.17) is 4.74 Å². The van der Waals surface area contributed by atoms with Gasteiger partial charge in [0.2, 0.25) is 0 Å². The van der Waals surface area contributed by atoms with E-state index in [2.05, 4.69) is 15.9 Å². The van der Waals surface area contributed by atoms with E-state index in [1.54, 1.807) is 6.92 Å². The predicted octanol–water partition coefficient (Wildman–Crippen LogP) is 2.61. The van der Waals surface area contributed by atoms with Gasteiger partial charge in [-0.3, -0.25) is 9.36 Å². The molecule has 2 aromatic rings. The van der Waals surface area contributed by atoms with Crippen LogP contribution in [0.15, 0.2) is 39.6 Å². The Morgan fingerprint density at radius 3 is 2.43 bits per heavy atom. The Kier molecular flexibility index (Phi) is 4.95. The molecule has 1 heterocycles. The van der Waals surface area contributed by atoms with Crippen LogP contribution in [0.3, 0.4) is 0 Å². The molecule has 0 amide bonds. The van der Waals surface area contributed by atoms with Gasteiger partial charge in [0, 0.05) is 5.69 Å². The Bertz CT molecular complexity index is 829. The summed E-state index contributed by atoms with van der Waals surface area (Å²) in [7, 11) is 0. The van der Waals surface area contributed by atoms with Crippen molar-refractivity contribution < 1.29 is 23.8 Å². The van der Waals surface area contributed by atoms with Gasteiger partial charge in [0.25, 0.3) is 5.56 Å². The molecule has 0 aliphatic heterocycles. The number of carbonyl (C=O) groups excluding carboxylic acids is 1. The predicted molar refractivity (Wildman–Crippen MR) is 82.6 cm³/mol. The lowest BCUT2D eigenvalue weighted by molar-refractivity contribution is 0.0521. The Hall–Kier alpha value is -2.48. The first-order valence-electron chi connectivity index (χ1n) is 6.48. The highest BCUT2D eigenvalue weighted by Gasteiger charge is 2.23. The first-order valence-corrected chi connectivity index (χ1v) is 7.28. The summed E-state index contributed by atoms with van der Waals surface area (Å²) in [4.78, 5) is 35.9. The number of carboxylic acid groups (broad SMARTS) is 1. The van der Waals surface area contributed by atoms with Crippen LogP contribution in [0.25, 0.3) is 5.69 Å². The van der Waals surface area contributed by atoms with Crippen LogP contribution < -0.4 is 5.56 Å². The van der Waals surface area contributed by atoms with Crippen LogP contribution in [-0.4, -0.2) is 28.2 Å². The Labute approximate surface area is 138 Å². The van der Waals surface area contributed by atoms with Crippen LogP contribution in [0.5, 0.6) is 0 Å². The smallest absolute Gasteiger partial charge is 0.354 e. The number of carboxylic acids is 1. The van der Waals surface area contributed by atoms with Crippen LogP contribution in [-0.2, 0) is 4.74 Å². The van der Waals surface area contributed by atoms with Crippen LogP contribution in [0.1, 0.15) is 27.8 Å². The summed E-state index contributed by atoms with van der Waals surface area (Å²) >= 11 is 3.04. The maximum absolute atomic E-state index is 13.1. The quantitative estimate of drug-likeness (QED) is 0.820. The van der Waals surface area contributed by atoms with Gasteiger partial charge in [-0.1, -0.05) is 0 Å². The average molecular weight is 384 g/mol. The number of carbonyl (C=O) groups is 2. The third-order valence-electron chi connectivity index (χ3n) is 2.94. The van der Waals surface area contributed by atoms with Gasteiger partial charge in [0.1, 0.15) is 17.1 Å². The molecule has 0 saturated heterocycles. The van der Waals surface area contributed by atoms with Crippen LogP contribution in [0.2, 0.25) is 0 Å². The van der Waals surface area contributed by atoms with E-state index in [0.29, 0.717) is 0 Å². The van der Waals surface area contributed by atoms with Crippen molar-refractivity contribution in [2.24, 2.45) is 0 Å². The van der Waals surface area contributed by atoms with Crippen molar-refractivity contribution in [3.8, 4) is 5.69 Å². The standard InChI is InChI=1S/C15H11BrFNO5/c1-2-23-15(22)10-7-11(16)12(14(20)21)18(13(10)19)9-5-3-8(17)4-6-9/h3-7H,2H2,1H3,(H,20,21). The van der Waals surface area contributed by atoms with Crippen molar-refractivity contribution in [1.29, 1.82) is 0 Å². The number of benzene rings is 1. The monoisotopic (exact) mass is 383 g/mol. The number of aromatic carboxylic acids is 1. The third kappa shape index (κ3) is 3.31. The van der Waals surface area contributed by atoms with Crippen molar-refractivity contribution in [3.63, 3.8) is 0 Å². The van der Waals surface area contributed by atoms with Crippen molar-refractivity contribution in [1.82, 2.24) is 4.57 Å². The molecule has 0 spiro atoms. The molecule has 0 radical (unpaired) electrons. The fourth-order valence-corrected chi connectivity index (χ4v) is 2.55. The van der Waals surface area contributed by atoms with E-state index < -0.39 is 23.3 Å². The molecule has 0 saturated carbocycles. The minimum Gasteiger partial charge on any atom is -0.477 e. The minimum absolute atomic E-state index is 0.0250. The molecule has 120 valence electrons. The van der Waals surface area contributed by atoms with Crippen molar-refractivity contribution in [2.75, 3.05) is 6.61 Å². The van der Waals surface area contributed by atoms with E-state index in [1.165, 1.54) is 12.1 Å². The third-order valence-corrected chi connectivity index (χ3v) is 3.54. The summed E-state index contributed by atoms with van der Waals surface area (Å²) in [6, 6.07) is 5.75. The van der Waals surface area contributed by atoms with Crippen molar-refractivity contribution in [3.05, 3.63) is 62.2 Å². The van der Waals surface area contributed by atoms with Gasteiger partial charge in [-0.15, -0.1) is 0 Å². The molecule has 0 unspecified atom stereocenters. The van der Waals surface area contributed by atoms with Crippen molar-refractivity contribution in [2.45, 2.75) is 6.92 Å². The maximum atomic E-state index is 13.1. The van der Waals surface area contributed by atoms with E-state index in [0.717, 1.165) is 22.8 Å². The summed E-state index contributed by atoms with van der Waals surface area (Å²) in [5.41, 5.74) is -1.46. The lowest BCUT2D eigenvalue weighted by Gasteiger charge is -2.13. The van der Waals surface area contributed by atoms with E-state index in [-0.39, 0.29) is 28.0 Å². The number of halogens is 2. The molecule has 1 N–H and O–H groups in total. The zero-order chi connectivity index (χ0) is 17.1. The number of nitrogens with zero attached hydrogens (tertiary/aromatic N) is 1. The summed E-state index contributed by atoms with van der Waals surface area (Å²) in [5.74, 6) is -2.79. The maximum Gasteiger partial charge on any atom is 0.354 e. The van der Waals surface area contributed by atoms with Crippen LogP contribution >= 0.6 is 15.9 Å². The Balaban J connectivity index is 2.80. The largest absolute Gasteiger partial charge is 0.477 e. The number of hydrogen-bond acceptors (Lipinski definition) is 4. The molecule has 8 heteroatoms. The summed E-state index contributed by atoms with van der Waals surface area (Å²) < 4.78 is 18.7. The normalized spacial score (nSPS) is 10.4. The second kappa shape index (κ2) is 6.74. The summed E-state index contributed by atoms with van der Waals surface area (Å²) in [6.45, 7) is 1.64.